The third kappa shape index (κ3) is 7.03. The molecule has 0 atom stereocenters. The van der Waals surface area contributed by atoms with Crippen molar-refractivity contribution in [3.05, 3.63) is 30.6 Å². The van der Waals surface area contributed by atoms with Crippen LogP contribution in [0, 0.1) is 0 Å². The molecule has 1 rings (SSSR count). The number of nitrogens with zero attached hydrogens (tertiary/aromatic N) is 1. The van der Waals surface area contributed by atoms with Crippen molar-refractivity contribution < 1.29 is 4.94 Å². The van der Waals surface area contributed by atoms with Crippen LogP contribution in [0.3, 0.4) is 0 Å². The predicted molar refractivity (Wildman–Crippen MR) is 33.7 cm³/mol. The van der Waals surface area contributed by atoms with Gasteiger partial charge in [-0.05, 0) is 12.1 Å². The van der Waals surface area contributed by atoms with Gasteiger partial charge in [0.2, 0.25) is 0 Å². The first kappa shape index (κ1) is 8.03. The summed E-state index contributed by atoms with van der Waals surface area (Å²) in [6, 6.07) is 5.72. The van der Waals surface area contributed by atoms with Gasteiger partial charge < -0.3 is 0 Å². The maximum atomic E-state index is 4.12. The van der Waals surface area contributed by atoms with Crippen molar-refractivity contribution in [1.29, 1.82) is 0 Å². The van der Waals surface area contributed by atoms with Crippen LogP contribution in [0.4, 0.5) is 0 Å². The van der Waals surface area contributed by atoms with E-state index in [2.05, 4.69) is 21.7 Å². The largest absolute Gasteiger partial charge is 0.265 e. The molecule has 0 aliphatic carbocycles. The Balaban J connectivity index is 0.000000187. The molecule has 0 unspecified atom stereocenters. The highest BCUT2D eigenvalue weighted by atomic mass is 16.7. The lowest BCUT2D eigenvalue weighted by Crippen LogP contribution is -2.03. The molecule has 1 aromatic heterocycles. The number of nitrogens with two attached hydrogens (primary N) is 2. The van der Waals surface area contributed by atoms with Gasteiger partial charge in [0.1, 0.15) is 0 Å². The lowest BCUT2D eigenvalue weighted by molar-refractivity contribution is 0.142. The molecule has 0 saturated carbocycles. The topological polar surface area (TPSA) is 74.2 Å². The van der Waals surface area contributed by atoms with E-state index >= 15 is 0 Å². The molecule has 9 heavy (non-hydrogen) atoms. The summed E-state index contributed by atoms with van der Waals surface area (Å²) in [6.07, 6.45) is 3.50. The lowest BCUT2D eigenvalue weighted by atomic mass is 10.5. The van der Waals surface area contributed by atoms with Gasteiger partial charge in [-0.1, -0.05) is 6.07 Å². The minimum Gasteiger partial charge on any atom is -0.265 e. The Hall–Kier alpha value is -0.970. The van der Waals surface area contributed by atoms with Crippen molar-refractivity contribution in [2.45, 2.75) is 0 Å². The molecule has 50 valence electrons. The molecular weight excluding hydrogens is 118 g/mol. The van der Waals surface area contributed by atoms with Gasteiger partial charge >= 0.3 is 0 Å². The van der Waals surface area contributed by atoms with Gasteiger partial charge in [0, 0.05) is 12.4 Å². The molecule has 0 bridgehead atoms. The Morgan fingerprint density at radius 2 is 1.44 bits per heavy atom. The monoisotopic (exact) mass is 127 g/mol. The van der Waals surface area contributed by atoms with Crippen LogP contribution in [-0.4, -0.2) is 4.98 Å². The summed E-state index contributed by atoms with van der Waals surface area (Å²) in [5, 5.41) is 0. The summed E-state index contributed by atoms with van der Waals surface area (Å²) in [7, 11) is 0. The van der Waals surface area contributed by atoms with Crippen molar-refractivity contribution in [3.8, 4) is 0 Å². The Kier molecular flexibility index (Phi) is 6.27. The highest BCUT2D eigenvalue weighted by Crippen LogP contribution is 1.73. The fourth-order valence-electron chi connectivity index (χ4n) is 0.313. The Labute approximate surface area is 53.4 Å². The van der Waals surface area contributed by atoms with Gasteiger partial charge in [-0.25, -0.2) is 4.94 Å². The molecule has 0 aliphatic heterocycles. The average Bonchev–Trinajstić information content (AvgIpc) is 1.93. The van der Waals surface area contributed by atoms with Crippen molar-refractivity contribution in [3.63, 3.8) is 0 Å². The van der Waals surface area contributed by atoms with E-state index in [-0.39, 0.29) is 0 Å². The second-order valence-corrected chi connectivity index (χ2v) is 1.16. The third-order valence-corrected chi connectivity index (χ3v) is 0.566. The zero-order valence-electron chi connectivity index (χ0n) is 4.90. The quantitative estimate of drug-likeness (QED) is 0.474. The van der Waals surface area contributed by atoms with Gasteiger partial charge in [-0.3, -0.25) is 4.98 Å². The smallest absolute Gasteiger partial charge is 0.0267 e. The van der Waals surface area contributed by atoms with Gasteiger partial charge in [0.05, 0.1) is 0 Å². The SMILES string of the molecule is NON.c1ccncc1. The van der Waals surface area contributed by atoms with E-state index in [4.69, 9.17) is 0 Å². The summed E-state index contributed by atoms with van der Waals surface area (Å²) in [6.45, 7) is 0. The van der Waals surface area contributed by atoms with Gasteiger partial charge in [0.15, 0.2) is 0 Å². The normalized spacial score (nSPS) is 7.33. The minimum absolute atomic E-state index is 1.75. The number of hydrogen-bond donors (Lipinski definition) is 2. The fraction of sp³-hybridized carbons (Fsp3) is 0. The Bertz CT molecular complexity index is 95.1. The van der Waals surface area contributed by atoms with Crippen LogP contribution < -0.4 is 11.8 Å². The van der Waals surface area contributed by atoms with E-state index < -0.39 is 0 Å². The van der Waals surface area contributed by atoms with Crippen LogP contribution in [0.15, 0.2) is 30.6 Å². The Morgan fingerprint density at radius 3 is 1.56 bits per heavy atom. The van der Waals surface area contributed by atoms with Crippen LogP contribution >= 0.6 is 0 Å². The van der Waals surface area contributed by atoms with Crippen LogP contribution in [0.2, 0.25) is 0 Å². The average molecular weight is 127 g/mol. The van der Waals surface area contributed by atoms with Crippen LogP contribution in [-0.2, 0) is 4.94 Å². The highest BCUT2D eigenvalue weighted by Gasteiger charge is 1.58. The van der Waals surface area contributed by atoms with Crippen molar-refractivity contribution in [1.82, 2.24) is 4.98 Å². The molecule has 1 aromatic rings. The summed E-state index contributed by atoms with van der Waals surface area (Å²) < 4.78 is 0. The molecule has 1 heterocycles. The zero-order valence-corrected chi connectivity index (χ0v) is 4.90. The minimum atomic E-state index is 1.75. The molecule has 0 saturated heterocycles. The lowest BCUT2D eigenvalue weighted by Gasteiger charge is -1.70. The summed E-state index contributed by atoms with van der Waals surface area (Å²) in [5.74, 6) is 8.25. The fourth-order valence-corrected chi connectivity index (χ4v) is 0.313. The number of rotatable bonds is 0. The second kappa shape index (κ2) is 7.03. The third-order valence-electron chi connectivity index (χ3n) is 0.566. The number of pyridine rings is 1. The van der Waals surface area contributed by atoms with Crippen LogP contribution in [0.1, 0.15) is 0 Å². The maximum Gasteiger partial charge on any atom is 0.0267 e. The summed E-state index contributed by atoms with van der Waals surface area (Å²) >= 11 is 0. The van der Waals surface area contributed by atoms with E-state index in [0.717, 1.165) is 0 Å². The standard InChI is InChI=1S/C5H5N.H4N2O/c1-2-4-6-5-3-1;1-3-2/h1-5H;1-2H2. The van der Waals surface area contributed by atoms with E-state index in [1.807, 2.05) is 18.2 Å². The highest BCUT2D eigenvalue weighted by molar-refractivity contribution is 4.88. The van der Waals surface area contributed by atoms with Crippen molar-refractivity contribution in [2.24, 2.45) is 11.8 Å². The molecule has 0 aromatic carbocycles. The van der Waals surface area contributed by atoms with Gasteiger partial charge in [-0.15, -0.1) is 0 Å². The maximum absolute atomic E-state index is 4.12. The van der Waals surface area contributed by atoms with E-state index in [0.29, 0.717) is 0 Å². The predicted octanol–water partition coefficient (Wildman–Crippen LogP) is -0.168. The molecule has 4 nitrogen and oxygen atoms in total. The van der Waals surface area contributed by atoms with Crippen LogP contribution in [0.5, 0.6) is 0 Å². The van der Waals surface area contributed by atoms with Crippen molar-refractivity contribution in [2.75, 3.05) is 0 Å². The molecule has 0 radical (unpaired) electrons. The van der Waals surface area contributed by atoms with Crippen molar-refractivity contribution >= 4 is 0 Å². The Morgan fingerprint density at radius 1 is 1.00 bits per heavy atom. The van der Waals surface area contributed by atoms with E-state index in [1.54, 1.807) is 12.4 Å². The van der Waals surface area contributed by atoms with E-state index in [9.17, 15) is 0 Å². The number of hydrogen-bond acceptors (Lipinski definition) is 4. The first-order chi connectivity index (χ1) is 4.41. The van der Waals surface area contributed by atoms with Gasteiger partial charge in [0.25, 0.3) is 0 Å². The first-order valence-electron chi connectivity index (χ1n) is 2.32. The first-order valence-corrected chi connectivity index (χ1v) is 2.32. The molecule has 0 spiro atoms. The van der Waals surface area contributed by atoms with Gasteiger partial charge in [-0.2, -0.15) is 11.8 Å². The zero-order chi connectivity index (χ0) is 6.95. The summed E-state index contributed by atoms with van der Waals surface area (Å²) in [5.41, 5.74) is 0. The molecule has 4 N–H and O–H groups in total. The second-order valence-electron chi connectivity index (χ2n) is 1.16. The molecule has 0 amide bonds. The molecule has 0 fully saturated rings. The molecule has 0 aliphatic rings. The van der Waals surface area contributed by atoms with Crippen LogP contribution in [0.25, 0.3) is 0 Å². The molecular formula is C5H9N3O. The van der Waals surface area contributed by atoms with E-state index in [1.165, 1.54) is 0 Å². The summed E-state index contributed by atoms with van der Waals surface area (Å²) in [4.78, 5) is 7.03. The number of aromatic nitrogens is 1. The molecule has 4 heteroatoms.